The van der Waals surface area contributed by atoms with Crippen LogP contribution in [-0.4, -0.2) is 11.9 Å². The van der Waals surface area contributed by atoms with Crippen LogP contribution in [0.5, 0.6) is 0 Å². The molecule has 0 radical (unpaired) electrons. The van der Waals surface area contributed by atoms with Crippen LogP contribution in [0.15, 0.2) is 29.3 Å². The molecular weight excluding hydrogens is 214 g/mol. The highest BCUT2D eigenvalue weighted by molar-refractivity contribution is 5.92. The Kier molecular flexibility index (Phi) is 4.69. The number of rotatable bonds is 4. The van der Waals surface area contributed by atoms with Gasteiger partial charge in [-0.3, -0.25) is 4.79 Å². The van der Waals surface area contributed by atoms with Crippen LogP contribution in [0, 0.1) is 5.92 Å². The van der Waals surface area contributed by atoms with E-state index in [1.54, 1.807) is 0 Å². The van der Waals surface area contributed by atoms with E-state index in [0.29, 0.717) is 5.92 Å². The highest BCUT2D eigenvalue weighted by Gasteiger charge is 2.03. The Labute approximate surface area is 102 Å². The Morgan fingerprint density at radius 2 is 1.71 bits per heavy atom. The number of carbonyl (C=O) groups is 1. The Hall–Kier alpha value is -1.84. The molecule has 17 heavy (non-hydrogen) atoms. The topological polar surface area (TPSA) is 81.5 Å². The Morgan fingerprint density at radius 1 is 1.18 bits per heavy atom. The van der Waals surface area contributed by atoms with Crippen molar-refractivity contribution >= 4 is 11.9 Å². The molecule has 0 spiro atoms. The fourth-order valence-electron chi connectivity index (χ4n) is 1.62. The van der Waals surface area contributed by atoms with Gasteiger partial charge in [0.15, 0.2) is 5.96 Å². The van der Waals surface area contributed by atoms with Crippen molar-refractivity contribution in [2.24, 2.45) is 22.4 Å². The lowest BCUT2D eigenvalue weighted by Crippen LogP contribution is -2.24. The Morgan fingerprint density at radius 3 is 2.18 bits per heavy atom. The van der Waals surface area contributed by atoms with Crippen LogP contribution < -0.4 is 11.5 Å². The van der Waals surface area contributed by atoms with Gasteiger partial charge in [-0.2, -0.15) is 4.99 Å². The van der Waals surface area contributed by atoms with Gasteiger partial charge >= 0.3 is 0 Å². The molecule has 0 bridgehead atoms. The van der Waals surface area contributed by atoms with Crippen LogP contribution in [0.4, 0.5) is 0 Å². The van der Waals surface area contributed by atoms with E-state index >= 15 is 0 Å². The number of nitrogens with two attached hydrogens (primary N) is 2. The maximum Gasteiger partial charge on any atom is 0.253 e. The molecule has 4 nitrogen and oxygen atoms in total. The zero-order valence-corrected chi connectivity index (χ0v) is 10.3. The molecule has 0 aliphatic carbocycles. The molecule has 0 saturated heterocycles. The highest BCUT2D eigenvalue weighted by atomic mass is 16.1. The molecule has 4 N–H and O–H groups in total. The van der Waals surface area contributed by atoms with E-state index in [4.69, 9.17) is 11.5 Å². The summed E-state index contributed by atoms with van der Waals surface area (Å²) in [6.45, 7) is 4.35. The van der Waals surface area contributed by atoms with Gasteiger partial charge in [0, 0.05) is 0 Å². The van der Waals surface area contributed by atoms with E-state index in [9.17, 15) is 4.79 Å². The van der Waals surface area contributed by atoms with Gasteiger partial charge in [0.05, 0.1) is 6.42 Å². The van der Waals surface area contributed by atoms with Gasteiger partial charge in [0.2, 0.25) is 0 Å². The number of hydrogen-bond acceptors (Lipinski definition) is 1. The third kappa shape index (κ3) is 5.15. The summed E-state index contributed by atoms with van der Waals surface area (Å²) in [6, 6.07) is 7.96. The van der Waals surface area contributed by atoms with Crippen molar-refractivity contribution in [1.82, 2.24) is 0 Å². The van der Waals surface area contributed by atoms with Crippen molar-refractivity contribution in [1.29, 1.82) is 0 Å². The second-order valence-corrected chi connectivity index (χ2v) is 4.52. The van der Waals surface area contributed by atoms with Gasteiger partial charge in [0.1, 0.15) is 0 Å². The third-order valence-electron chi connectivity index (χ3n) is 2.28. The monoisotopic (exact) mass is 233 g/mol. The van der Waals surface area contributed by atoms with Crippen LogP contribution in [0.1, 0.15) is 25.0 Å². The van der Waals surface area contributed by atoms with E-state index in [1.165, 1.54) is 5.56 Å². The summed E-state index contributed by atoms with van der Waals surface area (Å²) in [4.78, 5) is 14.8. The summed E-state index contributed by atoms with van der Waals surface area (Å²) >= 11 is 0. The third-order valence-corrected chi connectivity index (χ3v) is 2.28. The number of guanidine groups is 1. The summed E-state index contributed by atoms with van der Waals surface area (Å²) in [5, 5.41) is 0. The number of carbonyl (C=O) groups excluding carboxylic acids is 1. The quantitative estimate of drug-likeness (QED) is 0.606. The maximum atomic E-state index is 11.3. The fraction of sp³-hybridized carbons (Fsp3) is 0.385. The molecular formula is C13H19N3O. The predicted molar refractivity (Wildman–Crippen MR) is 69.5 cm³/mol. The minimum atomic E-state index is -0.318. The molecule has 0 heterocycles. The van der Waals surface area contributed by atoms with Gasteiger partial charge in [-0.05, 0) is 23.5 Å². The molecule has 0 aliphatic rings. The molecule has 1 aromatic carbocycles. The summed E-state index contributed by atoms with van der Waals surface area (Å²) in [7, 11) is 0. The van der Waals surface area contributed by atoms with Crippen LogP contribution in [0.3, 0.4) is 0 Å². The molecule has 1 amide bonds. The summed E-state index contributed by atoms with van der Waals surface area (Å²) in [6.07, 6.45) is 1.28. The lowest BCUT2D eigenvalue weighted by Gasteiger charge is -2.05. The van der Waals surface area contributed by atoms with Crippen LogP contribution in [-0.2, 0) is 17.6 Å². The number of benzene rings is 1. The van der Waals surface area contributed by atoms with Gasteiger partial charge in [-0.1, -0.05) is 38.1 Å². The Bertz CT molecular complexity index is 403. The van der Waals surface area contributed by atoms with E-state index in [0.717, 1.165) is 12.0 Å². The minimum Gasteiger partial charge on any atom is -0.370 e. The predicted octanol–water partition coefficient (Wildman–Crippen LogP) is 1.23. The van der Waals surface area contributed by atoms with Crippen molar-refractivity contribution < 1.29 is 4.79 Å². The van der Waals surface area contributed by atoms with Crippen molar-refractivity contribution in [3.8, 4) is 0 Å². The number of amides is 1. The minimum absolute atomic E-state index is 0.188. The fourth-order valence-corrected chi connectivity index (χ4v) is 1.62. The molecule has 0 aromatic heterocycles. The molecule has 1 aromatic rings. The first-order chi connectivity index (χ1) is 7.97. The number of aliphatic imine (C=N–C) groups is 1. The van der Waals surface area contributed by atoms with Gasteiger partial charge in [-0.25, -0.2) is 0 Å². The lowest BCUT2D eigenvalue weighted by molar-refractivity contribution is -0.117. The average Bonchev–Trinajstić information content (AvgIpc) is 2.18. The average molecular weight is 233 g/mol. The zero-order valence-electron chi connectivity index (χ0n) is 10.3. The van der Waals surface area contributed by atoms with Crippen molar-refractivity contribution in [3.05, 3.63) is 35.4 Å². The molecule has 0 aliphatic heterocycles. The molecule has 4 heteroatoms. The van der Waals surface area contributed by atoms with Crippen LogP contribution >= 0.6 is 0 Å². The molecule has 0 atom stereocenters. The summed E-state index contributed by atoms with van der Waals surface area (Å²) in [5.41, 5.74) is 12.5. The van der Waals surface area contributed by atoms with Gasteiger partial charge < -0.3 is 11.5 Å². The first-order valence-electron chi connectivity index (χ1n) is 5.67. The normalized spacial score (nSPS) is 10.3. The smallest absolute Gasteiger partial charge is 0.253 e. The lowest BCUT2D eigenvalue weighted by atomic mass is 10.0. The number of nitrogens with zero attached hydrogens (tertiary/aromatic N) is 1. The van der Waals surface area contributed by atoms with Gasteiger partial charge in [-0.15, -0.1) is 0 Å². The molecule has 0 fully saturated rings. The molecule has 0 unspecified atom stereocenters. The van der Waals surface area contributed by atoms with E-state index < -0.39 is 0 Å². The first kappa shape index (κ1) is 13.2. The summed E-state index contributed by atoms with van der Waals surface area (Å²) in [5.74, 6) is 0.122. The zero-order chi connectivity index (χ0) is 12.8. The Balaban J connectivity index is 2.62. The second kappa shape index (κ2) is 6.03. The molecule has 0 saturated carbocycles. The van der Waals surface area contributed by atoms with E-state index in [-0.39, 0.29) is 18.3 Å². The van der Waals surface area contributed by atoms with Crippen LogP contribution in [0.25, 0.3) is 0 Å². The van der Waals surface area contributed by atoms with E-state index in [2.05, 4.69) is 18.8 Å². The van der Waals surface area contributed by atoms with Gasteiger partial charge in [0.25, 0.3) is 5.91 Å². The molecule has 92 valence electrons. The highest BCUT2D eigenvalue weighted by Crippen LogP contribution is 2.10. The standard InChI is InChI=1S/C13H19N3O/c1-9(2)7-10-3-5-11(6-4-10)8-12(17)16-13(14)15/h3-6,9H,7-8H2,1-2H3,(H4,14,15,16,17). The maximum absolute atomic E-state index is 11.3. The number of hydrogen-bond donors (Lipinski definition) is 2. The van der Waals surface area contributed by atoms with Crippen molar-refractivity contribution in [3.63, 3.8) is 0 Å². The van der Waals surface area contributed by atoms with Crippen molar-refractivity contribution in [2.75, 3.05) is 0 Å². The van der Waals surface area contributed by atoms with Crippen molar-refractivity contribution in [2.45, 2.75) is 26.7 Å². The molecule has 1 rings (SSSR count). The van der Waals surface area contributed by atoms with Crippen LogP contribution in [0.2, 0.25) is 0 Å². The first-order valence-corrected chi connectivity index (χ1v) is 5.67. The second-order valence-electron chi connectivity index (χ2n) is 4.52. The summed E-state index contributed by atoms with van der Waals surface area (Å²) < 4.78 is 0. The SMILES string of the molecule is CC(C)Cc1ccc(CC(=O)N=C(N)N)cc1. The largest absolute Gasteiger partial charge is 0.370 e. The van der Waals surface area contributed by atoms with E-state index in [1.807, 2.05) is 24.3 Å².